The molecular formula is C23H23N5OS. The van der Waals surface area contributed by atoms with E-state index in [1.165, 1.54) is 28.1 Å². The van der Waals surface area contributed by atoms with E-state index in [1.54, 1.807) is 0 Å². The Bertz CT molecular complexity index is 1200. The number of fused-ring (bicyclic) bond motifs is 3. The summed E-state index contributed by atoms with van der Waals surface area (Å²) in [6.45, 7) is 4.35. The van der Waals surface area contributed by atoms with Gasteiger partial charge in [-0.15, -0.1) is 0 Å². The topological polar surface area (TPSA) is 65.5 Å². The normalized spacial score (nSPS) is 20.6. The number of H-pyrrole nitrogens is 1. The van der Waals surface area contributed by atoms with Crippen LogP contribution in [0.5, 0.6) is 5.75 Å². The SMILES string of the molecule is Cc1nc2ccc(-c3ccc4c(c3)CN(C3=C5CSCC5N=CN3)CCO4)cc2[nH]1. The van der Waals surface area contributed by atoms with E-state index in [0.717, 1.165) is 47.2 Å². The van der Waals surface area contributed by atoms with Gasteiger partial charge in [-0.05, 0) is 42.3 Å². The summed E-state index contributed by atoms with van der Waals surface area (Å²) < 4.78 is 6.10. The van der Waals surface area contributed by atoms with Crippen LogP contribution in [-0.2, 0) is 6.54 Å². The van der Waals surface area contributed by atoms with Crippen LogP contribution in [0.15, 0.2) is 52.8 Å². The van der Waals surface area contributed by atoms with E-state index < -0.39 is 0 Å². The van der Waals surface area contributed by atoms with Crippen molar-refractivity contribution in [1.82, 2.24) is 20.2 Å². The Kier molecular flexibility index (Phi) is 4.23. The highest BCUT2D eigenvalue weighted by Crippen LogP contribution is 2.34. The molecule has 0 radical (unpaired) electrons. The van der Waals surface area contributed by atoms with Gasteiger partial charge in [0.25, 0.3) is 0 Å². The molecule has 1 aromatic heterocycles. The van der Waals surface area contributed by atoms with Crippen LogP contribution in [-0.4, -0.2) is 51.9 Å². The predicted octanol–water partition coefficient (Wildman–Crippen LogP) is 3.69. The van der Waals surface area contributed by atoms with Gasteiger partial charge in [0.1, 0.15) is 24.0 Å². The highest BCUT2D eigenvalue weighted by molar-refractivity contribution is 7.99. The van der Waals surface area contributed by atoms with E-state index in [-0.39, 0.29) is 0 Å². The molecule has 2 aromatic carbocycles. The molecule has 6 rings (SSSR count). The Balaban J connectivity index is 1.35. The maximum atomic E-state index is 6.10. The van der Waals surface area contributed by atoms with Gasteiger partial charge in [0, 0.05) is 29.2 Å². The van der Waals surface area contributed by atoms with Crippen LogP contribution in [0.3, 0.4) is 0 Å². The molecule has 1 saturated heterocycles. The number of hydrogen-bond donors (Lipinski definition) is 2. The van der Waals surface area contributed by atoms with Gasteiger partial charge < -0.3 is 19.9 Å². The molecule has 1 atom stereocenters. The first-order chi connectivity index (χ1) is 14.7. The van der Waals surface area contributed by atoms with Crippen molar-refractivity contribution >= 4 is 29.1 Å². The highest BCUT2D eigenvalue weighted by atomic mass is 32.2. The zero-order valence-corrected chi connectivity index (χ0v) is 17.6. The minimum Gasteiger partial charge on any atom is -0.491 e. The Morgan fingerprint density at radius 1 is 1.17 bits per heavy atom. The molecular weight excluding hydrogens is 394 g/mol. The molecule has 0 bridgehead atoms. The van der Waals surface area contributed by atoms with Crippen LogP contribution in [0.1, 0.15) is 11.4 Å². The first-order valence-electron chi connectivity index (χ1n) is 10.3. The Morgan fingerprint density at radius 2 is 2.07 bits per heavy atom. The molecule has 6 nitrogen and oxygen atoms in total. The Labute approximate surface area is 179 Å². The zero-order chi connectivity index (χ0) is 20.1. The van der Waals surface area contributed by atoms with Crippen molar-refractivity contribution in [1.29, 1.82) is 0 Å². The number of aryl methyl sites for hydroxylation is 1. The molecule has 152 valence electrons. The zero-order valence-electron chi connectivity index (χ0n) is 16.8. The second-order valence-electron chi connectivity index (χ2n) is 7.97. The molecule has 1 fully saturated rings. The third-order valence-electron chi connectivity index (χ3n) is 5.99. The molecule has 7 heteroatoms. The van der Waals surface area contributed by atoms with Crippen molar-refractivity contribution in [3.63, 3.8) is 0 Å². The van der Waals surface area contributed by atoms with Crippen LogP contribution in [0.2, 0.25) is 0 Å². The van der Waals surface area contributed by atoms with E-state index in [1.807, 2.05) is 25.0 Å². The number of nitrogens with zero attached hydrogens (tertiary/aromatic N) is 3. The number of aromatic amines is 1. The number of benzene rings is 2. The van der Waals surface area contributed by atoms with Crippen LogP contribution in [0.25, 0.3) is 22.2 Å². The molecule has 3 aliphatic rings. The lowest BCUT2D eigenvalue weighted by Crippen LogP contribution is -2.37. The summed E-state index contributed by atoms with van der Waals surface area (Å²) in [4.78, 5) is 14.9. The number of rotatable bonds is 2. The number of ether oxygens (including phenoxy) is 1. The van der Waals surface area contributed by atoms with Crippen LogP contribution < -0.4 is 10.1 Å². The number of aliphatic imine (C=N–C) groups is 1. The van der Waals surface area contributed by atoms with E-state index in [0.29, 0.717) is 12.6 Å². The summed E-state index contributed by atoms with van der Waals surface area (Å²) in [6.07, 6.45) is 1.86. The van der Waals surface area contributed by atoms with Crippen molar-refractivity contribution in [3.05, 3.63) is 59.2 Å². The molecule has 1 unspecified atom stereocenters. The number of thioether (sulfide) groups is 1. The molecule has 4 heterocycles. The molecule has 0 aliphatic carbocycles. The predicted molar refractivity (Wildman–Crippen MR) is 122 cm³/mol. The summed E-state index contributed by atoms with van der Waals surface area (Å²) in [6, 6.07) is 13.2. The fraction of sp³-hybridized carbons (Fsp3) is 0.304. The fourth-order valence-corrected chi connectivity index (χ4v) is 5.67. The molecule has 3 aromatic rings. The lowest BCUT2D eigenvalue weighted by atomic mass is 10.0. The molecule has 2 N–H and O–H groups in total. The molecule has 30 heavy (non-hydrogen) atoms. The third-order valence-corrected chi connectivity index (χ3v) is 7.05. The highest BCUT2D eigenvalue weighted by Gasteiger charge is 2.30. The van der Waals surface area contributed by atoms with Gasteiger partial charge in [-0.1, -0.05) is 12.1 Å². The van der Waals surface area contributed by atoms with Crippen molar-refractivity contribution < 1.29 is 4.74 Å². The van der Waals surface area contributed by atoms with Gasteiger partial charge in [-0.2, -0.15) is 11.8 Å². The third kappa shape index (κ3) is 3.04. The van der Waals surface area contributed by atoms with Gasteiger partial charge in [-0.3, -0.25) is 4.99 Å². The standard InChI is InChI=1S/C23H23N5OS/c1-14-26-19-4-2-16(9-20(19)27-14)15-3-5-22-17(8-15)10-28(6-7-29-22)23-18-11-30-12-21(18)24-13-25-23/h2-5,8-9,13,21H,6-7,10-12H2,1H3,(H,24,25)(H,26,27). The molecule has 0 saturated carbocycles. The number of aromatic nitrogens is 2. The average molecular weight is 418 g/mol. The van der Waals surface area contributed by atoms with Crippen molar-refractivity contribution in [2.24, 2.45) is 4.99 Å². The maximum Gasteiger partial charge on any atom is 0.124 e. The van der Waals surface area contributed by atoms with Gasteiger partial charge >= 0.3 is 0 Å². The van der Waals surface area contributed by atoms with Crippen LogP contribution >= 0.6 is 11.8 Å². The Hall–Kier alpha value is -2.93. The van der Waals surface area contributed by atoms with Gasteiger partial charge in [0.2, 0.25) is 0 Å². The molecule has 0 spiro atoms. The van der Waals surface area contributed by atoms with Crippen LogP contribution in [0.4, 0.5) is 0 Å². The van der Waals surface area contributed by atoms with Gasteiger partial charge in [-0.25, -0.2) is 4.98 Å². The second kappa shape index (κ2) is 7.09. The Morgan fingerprint density at radius 3 is 3.03 bits per heavy atom. The summed E-state index contributed by atoms with van der Waals surface area (Å²) in [5.74, 6) is 5.27. The largest absolute Gasteiger partial charge is 0.491 e. The van der Waals surface area contributed by atoms with Crippen molar-refractivity contribution in [2.45, 2.75) is 19.5 Å². The minimum absolute atomic E-state index is 0.325. The van der Waals surface area contributed by atoms with E-state index in [9.17, 15) is 0 Å². The van der Waals surface area contributed by atoms with E-state index in [4.69, 9.17) is 4.74 Å². The summed E-state index contributed by atoms with van der Waals surface area (Å²) >= 11 is 1.96. The van der Waals surface area contributed by atoms with Crippen molar-refractivity contribution in [3.8, 4) is 16.9 Å². The van der Waals surface area contributed by atoms with E-state index in [2.05, 4.69) is 61.6 Å². The quantitative estimate of drug-likeness (QED) is 0.666. The molecule has 0 amide bonds. The minimum atomic E-state index is 0.325. The molecule has 3 aliphatic heterocycles. The summed E-state index contributed by atoms with van der Waals surface area (Å²) in [7, 11) is 0. The van der Waals surface area contributed by atoms with Gasteiger partial charge in [0.15, 0.2) is 0 Å². The number of imidazole rings is 1. The first-order valence-corrected chi connectivity index (χ1v) is 11.5. The average Bonchev–Trinajstić information content (AvgIpc) is 3.32. The first kappa shape index (κ1) is 17.9. The lowest BCUT2D eigenvalue weighted by molar-refractivity contribution is 0.256. The van der Waals surface area contributed by atoms with Crippen LogP contribution in [0, 0.1) is 6.92 Å². The summed E-state index contributed by atoms with van der Waals surface area (Å²) in [5, 5.41) is 3.42. The maximum absolute atomic E-state index is 6.10. The number of nitrogens with one attached hydrogen (secondary N) is 2. The summed E-state index contributed by atoms with van der Waals surface area (Å²) in [5.41, 5.74) is 7.08. The fourth-order valence-electron chi connectivity index (χ4n) is 4.49. The van der Waals surface area contributed by atoms with E-state index >= 15 is 0 Å². The van der Waals surface area contributed by atoms with Crippen molar-refractivity contribution in [2.75, 3.05) is 24.7 Å². The monoisotopic (exact) mass is 417 g/mol. The lowest BCUT2D eigenvalue weighted by Gasteiger charge is -2.30. The second-order valence-corrected chi connectivity index (χ2v) is 9.00. The smallest absolute Gasteiger partial charge is 0.124 e. The number of hydrogen-bond acceptors (Lipinski definition) is 6. The van der Waals surface area contributed by atoms with Gasteiger partial charge in [0.05, 0.1) is 30.0 Å².